The van der Waals surface area contributed by atoms with Gasteiger partial charge in [0.15, 0.2) is 0 Å². The molecule has 1 rings (SSSR count). The van der Waals surface area contributed by atoms with E-state index in [1.807, 2.05) is 11.8 Å². The molecule has 0 atom stereocenters. The lowest BCUT2D eigenvalue weighted by Gasteiger charge is -2.20. The Morgan fingerprint density at radius 3 is 2.25 bits per heavy atom. The normalized spacial score (nSPS) is 12.1. The first-order chi connectivity index (χ1) is 9.40. The molecule has 1 aromatic carbocycles. The van der Waals surface area contributed by atoms with Crippen LogP contribution in [-0.2, 0) is 13.0 Å². The van der Waals surface area contributed by atoms with Crippen molar-refractivity contribution >= 4 is 11.8 Å². The first kappa shape index (κ1) is 17.5. The van der Waals surface area contributed by atoms with Crippen molar-refractivity contribution in [1.29, 1.82) is 0 Å². The van der Waals surface area contributed by atoms with Crippen molar-refractivity contribution in [3.05, 3.63) is 35.4 Å². The van der Waals surface area contributed by atoms with E-state index in [1.54, 1.807) is 0 Å². The summed E-state index contributed by atoms with van der Waals surface area (Å²) in [6, 6.07) is 9.06. The van der Waals surface area contributed by atoms with E-state index in [0.717, 1.165) is 26.1 Å². The first-order valence-corrected chi connectivity index (χ1v) is 8.80. The van der Waals surface area contributed by atoms with E-state index in [2.05, 4.69) is 68.6 Å². The maximum atomic E-state index is 3.53. The van der Waals surface area contributed by atoms with Gasteiger partial charge in [0, 0.05) is 24.4 Å². The fourth-order valence-electron chi connectivity index (χ4n) is 2.03. The minimum absolute atomic E-state index is 0.208. The molecule has 0 fully saturated rings. The summed E-state index contributed by atoms with van der Waals surface area (Å²) in [7, 11) is 2.19. The Bertz CT molecular complexity index is 368. The van der Waals surface area contributed by atoms with Crippen LogP contribution in [-0.4, -0.2) is 42.6 Å². The zero-order chi connectivity index (χ0) is 15.0. The summed E-state index contributed by atoms with van der Waals surface area (Å²) >= 11 is 1.91. The maximum Gasteiger partial charge on any atom is 0.0231 e. The predicted molar refractivity (Wildman–Crippen MR) is 92.6 cm³/mol. The fraction of sp³-hybridized carbons (Fsp3) is 0.647. The molecule has 0 amide bonds. The summed E-state index contributed by atoms with van der Waals surface area (Å²) < 4.78 is 0. The minimum Gasteiger partial charge on any atom is -0.312 e. The Morgan fingerprint density at radius 1 is 1.10 bits per heavy atom. The van der Waals surface area contributed by atoms with Crippen LogP contribution >= 0.6 is 11.8 Å². The maximum absolute atomic E-state index is 3.53. The van der Waals surface area contributed by atoms with Gasteiger partial charge in [-0.15, -0.1) is 0 Å². The highest BCUT2D eigenvalue weighted by molar-refractivity contribution is 7.98. The third-order valence-corrected chi connectivity index (χ3v) is 3.81. The smallest absolute Gasteiger partial charge is 0.0231 e. The van der Waals surface area contributed by atoms with Gasteiger partial charge < -0.3 is 10.2 Å². The van der Waals surface area contributed by atoms with Gasteiger partial charge in [-0.2, -0.15) is 11.8 Å². The van der Waals surface area contributed by atoms with E-state index >= 15 is 0 Å². The molecule has 20 heavy (non-hydrogen) atoms. The van der Waals surface area contributed by atoms with Crippen LogP contribution in [0.2, 0.25) is 0 Å². The quantitative estimate of drug-likeness (QED) is 0.791. The molecule has 2 nitrogen and oxygen atoms in total. The number of thioether (sulfide) groups is 1. The number of hydrogen-bond acceptors (Lipinski definition) is 3. The molecule has 0 aliphatic heterocycles. The Balaban J connectivity index is 2.36. The van der Waals surface area contributed by atoms with Gasteiger partial charge in [-0.1, -0.05) is 24.3 Å². The summed E-state index contributed by atoms with van der Waals surface area (Å²) in [5.41, 5.74) is 3.03. The zero-order valence-electron chi connectivity index (χ0n) is 13.7. The van der Waals surface area contributed by atoms with Crippen LogP contribution in [0.4, 0.5) is 0 Å². The highest BCUT2D eigenvalue weighted by atomic mass is 32.2. The van der Waals surface area contributed by atoms with Crippen molar-refractivity contribution in [1.82, 2.24) is 10.2 Å². The average molecular weight is 295 g/mol. The molecule has 0 aromatic heterocycles. The van der Waals surface area contributed by atoms with Crippen molar-refractivity contribution in [3.8, 4) is 0 Å². The van der Waals surface area contributed by atoms with Gasteiger partial charge in [-0.3, -0.25) is 0 Å². The summed E-state index contributed by atoms with van der Waals surface area (Å²) in [4.78, 5) is 2.38. The number of benzene rings is 1. The van der Waals surface area contributed by atoms with Crippen molar-refractivity contribution in [2.45, 2.75) is 39.3 Å². The van der Waals surface area contributed by atoms with Gasteiger partial charge in [0.1, 0.15) is 0 Å². The largest absolute Gasteiger partial charge is 0.312 e. The minimum atomic E-state index is 0.208. The second-order valence-corrected chi connectivity index (χ2v) is 7.46. The summed E-state index contributed by atoms with van der Waals surface area (Å²) in [5.74, 6) is 1.20. The predicted octanol–water partition coefficient (Wildman–Crippen LogP) is 3.41. The average Bonchev–Trinajstić information content (AvgIpc) is 2.37. The molecule has 0 aliphatic rings. The molecule has 1 aromatic rings. The van der Waals surface area contributed by atoms with E-state index in [9.17, 15) is 0 Å². The number of hydrogen-bond donors (Lipinski definition) is 1. The van der Waals surface area contributed by atoms with E-state index in [1.165, 1.54) is 16.9 Å². The Hall–Kier alpha value is -0.510. The Labute approximate surface area is 129 Å². The van der Waals surface area contributed by atoms with Crippen LogP contribution < -0.4 is 5.32 Å². The van der Waals surface area contributed by atoms with Gasteiger partial charge >= 0.3 is 0 Å². The molecule has 0 radical (unpaired) electrons. The summed E-state index contributed by atoms with van der Waals surface area (Å²) in [6.45, 7) is 9.86. The second-order valence-electron chi connectivity index (χ2n) is 6.47. The van der Waals surface area contributed by atoms with Crippen LogP contribution in [0.3, 0.4) is 0 Å². The fourth-order valence-corrected chi connectivity index (χ4v) is 2.53. The monoisotopic (exact) mass is 294 g/mol. The van der Waals surface area contributed by atoms with E-state index in [-0.39, 0.29) is 5.54 Å². The van der Waals surface area contributed by atoms with Gasteiger partial charge in [-0.05, 0) is 58.2 Å². The van der Waals surface area contributed by atoms with Gasteiger partial charge in [0.05, 0.1) is 0 Å². The molecule has 0 saturated heterocycles. The van der Waals surface area contributed by atoms with E-state index < -0.39 is 0 Å². The third-order valence-electron chi connectivity index (χ3n) is 3.22. The second kappa shape index (κ2) is 8.71. The van der Waals surface area contributed by atoms with Crippen LogP contribution in [0.25, 0.3) is 0 Å². The van der Waals surface area contributed by atoms with Crippen LogP contribution in [0.15, 0.2) is 24.3 Å². The molecule has 0 spiro atoms. The summed E-state index contributed by atoms with van der Waals surface area (Å²) in [5, 5.41) is 3.53. The highest BCUT2D eigenvalue weighted by Gasteiger charge is 2.07. The van der Waals surface area contributed by atoms with E-state index in [0.29, 0.717) is 0 Å². The van der Waals surface area contributed by atoms with Crippen molar-refractivity contribution in [2.75, 3.05) is 32.1 Å². The van der Waals surface area contributed by atoms with Crippen molar-refractivity contribution < 1.29 is 0 Å². The van der Waals surface area contributed by atoms with Gasteiger partial charge in [-0.25, -0.2) is 0 Å². The number of nitrogens with zero attached hydrogens (tertiary/aromatic N) is 1. The first-order valence-electron chi connectivity index (χ1n) is 7.41. The molecule has 0 unspecified atom stereocenters. The van der Waals surface area contributed by atoms with Crippen molar-refractivity contribution in [3.63, 3.8) is 0 Å². The van der Waals surface area contributed by atoms with Crippen molar-refractivity contribution in [2.24, 2.45) is 0 Å². The van der Waals surface area contributed by atoms with E-state index in [4.69, 9.17) is 0 Å². The standard InChI is InChI=1S/C17H30N2S/c1-17(2,3)18-11-10-15-6-8-16(9-7-15)14-19(4)12-13-20-5/h6-9,18H,10-14H2,1-5H3. The molecule has 1 N–H and O–H groups in total. The van der Waals surface area contributed by atoms with Crippen LogP contribution in [0, 0.1) is 0 Å². The molecule has 3 heteroatoms. The molecular weight excluding hydrogens is 264 g/mol. The zero-order valence-corrected chi connectivity index (χ0v) is 14.5. The van der Waals surface area contributed by atoms with Crippen LogP contribution in [0.1, 0.15) is 31.9 Å². The number of rotatable bonds is 8. The topological polar surface area (TPSA) is 15.3 Å². The SMILES string of the molecule is CSCCN(C)Cc1ccc(CCNC(C)(C)C)cc1. The third kappa shape index (κ3) is 7.93. The molecule has 0 bridgehead atoms. The summed E-state index contributed by atoms with van der Waals surface area (Å²) in [6.07, 6.45) is 3.26. The highest BCUT2D eigenvalue weighted by Crippen LogP contribution is 2.08. The lowest BCUT2D eigenvalue weighted by molar-refractivity contribution is 0.349. The Morgan fingerprint density at radius 2 is 1.70 bits per heavy atom. The molecule has 0 heterocycles. The van der Waals surface area contributed by atoms with Gasteiger partial charge in [0.2, 0.25) is 0 Å². The van der Waals surface area contributed by atoms with Crippen LogP contribution in [0.5, 0.6) is 0 Å². The number of nitrogens with one attached hydrogen (secondary N) is 1. The Kier molecular flexibility index (Phi) is 7.63. The van der Waals surface area contributed by atoms with Gasteiger partial charge in [0.25, 0.3) is 0 Å². The lowest BCUT2D eigenvalue weighted by Crippen LogP contribution is -2.37. The molecule has 114 valence electrons. The molecule has 0 saturated carbocycles. The lowest BCUT2D eigenvalue weighted by atomic mass is 10.1. The molecular formula is C17H30N2S. The molecule has 0 aliphatic carbocycles.